The number of nitrogens with one attached hydrogen (secondary N) is 1. The molecule has 0 aliphatic carbocycles. The quantitative estimate of drug-likeness (QED) is 0.562. The summed E-state index contributed by atoms with van der Waals surface area (Å²) in [6.07, 6.45) is 1.52. The fourth-order valence-electron chi connectivity index (χ4n) is 0.480. The molecule has 0 spiro atoms. The van der Waals surface area contributed by atoms with Crippen LogP contribution in [0.15, 0.2) is 0 Å². The van der Waals surface area contributed by atoms with Crippen LogP contribution in [0, 0.1) is 0 Å². The Bertz CT molecular complexity index is 56.9. The molecule has 0 saturated carbocycles. The van der Waals surface area contributed by atoms with E-state index in [0.29, 0.717) is 6.10 Å². The average Bonchev–Trinajstić information content (AvgIpc) is 1.89. The fraction of sp³-hybridized carbons (Fsp3) is 1.00. The lowest BCUT2D eigenvalue weighted by atomic mass is 10.3. The molecule has 0 aromatic carbocycles. The van der Waals surface area contributed by atoms with E-state index in [0.717, 1.165) is 19.6 Å². The number of hydrogen-bond donors (Lipinski definition) is 1. The smallest absolute Gasteiger partial charge is 0.0594 e. The molecule has 0 heterocycles. The van der Waals surface area contributed by atoms with Crippen molar-refractivity contribution >= 4 is 0 Å². The van der Waals surface area contributed by atoms with Crippen LogP contribution in [0.2, 0.25) is 0 Å². The molecule has 0 fully saturated rings. The van der Waals surface area contributed by atoms with Crippen LogP contribution in [-0.4, -0.2) is 26.3 Å². The molecular formula is C7H17NO. The van der Waals surface area contributed by atoms with Crippen LogP contribution in [0.25, 0.3) is 0 Å². The van der Waals surface area contributed by atoms with Crippen molar-refractivity contribution in [1.29, 1.82) is 0 Å². The largest absolute Gasteiger partial charge is 0.377 e. The fourth-order valence-corrected chi connectivity index (χ4v) is 0.480. The maximum absolute atomic E-state index is 5.37. The monoisotopic (exact) mass is 131 g/mol. The van der Waals surface area contributed by atoms with Crippen LogP contribution in [0.5, 0.6) is 0 Å². The van der Waals surface area contributed by atoms with Gasteiger partial charge in [-0.1, -0.05) is 6.92 Å². The van der Waals surface area contributed by atoms with E-state index in [1.54, 1.807) is 0 Å². The van der Waals surface area contributed by atoms with E-state index in [1.165, 1.54) is 0 Å². The van der Waals surface area contributed by atoms with Gasteiger partial charge >= 0.3 is 0 Å². The third-order valence-corrected chi connectivity index (χ3v) is 1.33. The van der Waals surface area contributed by atoms with E-state index < -0.39 is 0 Å². The molecule has 1 N–H and O–H groups in total. The molecule has 2 nitrogen and oxygen atoms in total. The molecule has 0 radical (unpaired) electrons. The topological polar surface area (TPSA) is 21.3 Å². The SMILES string of the molecule is CCC(C)OCCNC. The van der Waals surface area contributed by atoms with Gasteiger partial charge in [0.1, 0.15) is 0 Å². The van der Waals surface area contributed by atoms with Gasteiger partial charge in [0.2, 0.25) is 0 Å². The Morgan fingerprint density at radius 3 is 2.67 bits per heavy atom. The van der Waals surface area contributed by atoms with Crippen LogP contribution >= 0.6 is 0 Å². The zero-order valence-corrected chi connectivity index (χ0v) is 6.61. The molecule has 0 rings (SSSR count). The summed E-state index contributed by atoms with van der Waals surface area (Å²) in [6, 6.07) is 0. The summed E-state index contributed by atoms with van der Waals surface area (Å²) >= 11 is 0. The Morgan fingerprint density at radius 2 is 2.22 bits per heavy atom. The highest BCUT2D eigenvalue weighted by molar-refractivity contribution is 4.44. The second kappa shape index (κ2) is 6.05. The molecule has 56 valence electrons. The Morgan fingerprint density at radius 1 is 1.56 bits per heavy atom. The molecule has 0 amide bonds. The minimum absolute atomic E-state index is 0.415. The molecular weight excluding hydrogens is 114 g/mol. The highest BCUT2D eigenvalue weighted by atomic mass is 16.5. The molecule has 0 aliphatic rings. The summed E-state index contributed by atoms with van der Waals surface area (Å²) in [4.78, 5) is 0. The summed E-state index contributed by atoms with van der Waals surface area (Å²) in [7, 11) is 1.93. The average molecular weight is 131 g/mol. The predicted octanol–water partition coefficient (Wildman–Crippen LogP) is 1.02. The molecule has 0 aromatic heterocycles. The van der Waals surface area contributed by atoms with E-state index in [1.807, 2.05) is 7.05 Å². The normalized spacial score (nSPS) is 13.7. The number of likely N-dealkylation sites (N-methyl/N-ethyl adjacent to an activating group) is 1. The van der Waals surface area contributed by atoms with Crippen molar-refractivity contribution in [3.63, 3.8) is 0 Å². The lowest BCUT2D eigenvalue weighted by Gasteiger charge is -2.08. The molecule has 0 bridgehead atoms. The van der Waals surface area contributed by atoms with Gasteiger partial charge in [-0.05, 0) is 20.4 Å². The number of hydrogen-bond acceptors (Lipinski definition) is 2. The van der Waals surface area contributed by atoms with Gasteiger partial charge in [0.25, 0.3) is 0 Å². The summed E-state index contributed by atoms with van der Waals surface area (Å²) in [5.74, 6) is 0. The molecule has 9 heavy (non-hydrogen) atoms. The molecule has 2 heteroatoms. The van der Waals surface area contributed by atoms with Crippen molar-refractivity contribution < 1.29 is 4.74 Å². The van der Waals surface area contributed by atoms with Gasteiger partial charge in [-0.15, -0.1) is 0 Å². The van der Waals surface area contributed by atoms with E-state index in [4.69, 9.17) is 4.74 Å². The maximum Gasteiger partial charge on any atom is 0.0594 e. The second-order valence-corrected chi connectivity index (χ2v) is 2.19. The first-order valence-electron chi connectivity index (χ1n) is 3.57. The first-order valence-corrected chi connectivity index (χ1v) is 3.57. The first-order chi connectivity index (χ1) is 4.31. The molecule has 0 saturated heterocycles. The Labute approximate surface area is 57.6 Å². The molecule has 0 aromatic rings. The lowest BCUT2D eigenvalue weighted by molar-refractivity contribution is 0.0665. The number of rotatable bonds is 5. The van der Waals surface area contributed by atoms with Crippen LogP contribution in [0.4, 0.5) is 0 Å². The van der Waals surface area contributed by atoms with Crippen LogP contribution in [-0.2, 0) is 4.74 Å². The van der Waals surface area contributed by atoms with Crippen LogP contribution in [0.1, 0.15) is 20.3 Å². The second-order valence-electron chi connectivity index (χ2n) is 2.19. The Hall–Kier alpha value is -0.0800. The minimum atomic E-state index is 0.415. The summed E-state index contributed by atoms with van der Waals surface area (Å²) in [5.41, 5.74) is 0. The van der Waals surface area contributed by atoms with Crippen molar-refractivity contribution in [2.75, 3.05) is 20.2 Å². The minimum Gasteiger partial charge on any atom is -0.377 e. The van der Waals surface area contributed by atoms with Crippen LogP contribution < -0.4 is 5.32 Å². The molecule has 1 atom stereocenters. The summed E-state index contributed by atoms with van der Waals surface area (Å²) < 4.78 is 5.37. The standard InChI is InChI=1S/C7H17NO/c1-4-7(2)9-6-5-8-3/h7-8H,4-6H2,1-3H3. The first kappa shape index (κ1) is 8.92. The van der Waals surface area contributed by atoms with Crippen molar-refractivity contribution in [3.05, 3.63) is 0 Å². The van der Waals surface area contributed by atoms with E-state index in [9.17, 15) is 0 Å². The third-order valence-electron chi connectivity index (χ3n) is 1.33. The van der Waals surface area contributed by atoms with Gasteiger partial charge in [0.05, 0.1) is 12.7 Å². The highest BCUT2D eigenvalue weighted by Crippen LogP contribution is 1.93. The van der Waals surface area contributed by atoms with Gasteiger partial charge in [0.15, 0.2) is 0 Å². The Kier molecular flexibility index (Phi) is 5.99. The van der Waals surface area contributed by atoms with Gasteiger partial charge in [-0.25, -0.2) is 0 Å². The van der Waals surface area contributed by atoms with Crippen molar-refractivity contribution in [1.82, 2.24) is 5.32 Å². The lowest BCUT2D eigenvalue weighted by Crippen LogP contribution is -2.17. The van der Waals surface area contributed by atoms with E-state index in [2.05, 4.69) is 19.2 Å². The zero-order chi connectivity index (χ0) is 7.11. The number of ether oxygens (including phenoxy) is 1. The van der Waals surface area contributed by atoms with Crippen molar-refractivity contribution in [2.45, 2.75) is 26.4 Å². The van der Waals surface area contributed by atoms with Crippen molar-refractivity contribution in [3.8, 4) is 0 Å². The Balaban J connectivity index is 2.88. The van der Waals surface area contributed by atoms with Gasteiger partial charge in [-0.2, -0.15) is 0 Å². The van der Waals surface area contributed by atoms with Crippen LogP contribution in [0.3, 0.4) is 0 Å². The summed E-state index contributed by atoms with van der Waals surface area (Å²) in [5, 5.41) is 3.02. The van der Waals surface area contributed by atoms with E-state index in [-0.39, 0.29) is 0 Å². The zero-order valence-electron chi connectivity index (χ0n) is 6.61. The van der Waals surface area contributed by atoms with Gasteiger partial charge in [-0.3, -0.25) is 0 Å². The predicted molar refractivity (Wildman–Crippen MR) is 39.6 cm³/mol. The summed E-state index contributed by atoms with van der Waals surface area (Å²) in [6.45, 7) is 6.00. The van der Waals surface area contributed by atoms with Gasteiger partial charge in [0, 0.05) is 6.54 Å². The maximum atomic E-state index is 5.37. The van der Waals surface area contributed by atoms with E-state index >= 15 is 0 Å². The van der Waals surface area contributed by atoms with Gasteiger partial charge < -0.3 is 10.1 Å². The molecule has 1 unspecified atom stereocenters. The van der Waals surface area contributed by atoms with Crippen molar-refractivity contribution in [2.24, 2.45) is 0 Å². The molecule has 0 aliphatic heterocycles. The highest BCUT2D eigenvalue weighted by Gasteiger charge is 1.94. The third kappa shape index (κ3) is 5.80.